The number of likely N-dealkylation sites (tertiary alicyclic amines) is 1. The molecule has 0 saturated carbocycles. The van der Waals surface area contributed by atoms with Crippen LogP contribution in [0.2, 0.25) is 0 Å². The van der Waals surface area contributed by atoms with E-state index in [0.717, 1.165) is 28.8 Å². The third-order valence-electron chi connectivity index (χ3n) is 5.68. The largest absolute Gasteiger partial charge is 0.444 e. The number of benzene rings is 1. The number of aromatic amines is 1. The van der Waals surface area contributed by atoms with E-state index < -0.39 is 5.60 Å². The SMILES string of the molecule is CC(C(=O)Nc1ccc2nc(-c3cccnc3)[nH]c2c1)C1CCN(C(=O)OC(C)(C)C)C1. The van der Waals surface area contributed by atoms with Crippen LogP contribution >= 0.6 is 0 Å². The Morgan fingerprint density at radius 3 is 2.81 bits per heavy atom. The van der Waals surface area contributed by atoms with Gasteiger partial charge in [0, 0.05) is 42.7 Å². The Bertz CT molecular complexity index is 1120. The molecule has 1 aliphatic heterocycles. The van der Waals surface area contributed by atoms with E-state index in [2.05, 4.69) is 20.3 Å². The molecule has 2 aromatic heterocycles. The highest BCUT2D eigenvalue weighted by Crippen LogP contribution is 2.28. The molecule has 1 fully saturated rings. The summed E-state index contributed by atoms with van der Waals surface area (Å²) in [5.74, 6) is 0.534. The molecule has 8 nitrogen and oxygen atoms in total. The molecule has 2 amide bonds. The summed E-state index contributed by atoms with van der Waals surface area (Å²) in [6.45, 7) is 8.60. The lowest BCUT2D eigenvalue weighted by Gasteiger charge is -2.25. The molecule has 1 aliphatic rings. The number of pyridine rings is 1. The Morgan fingerprint density at radius 2 is 2.09 bits per heavy atom. The first-order chi connectivity index (χ1) is 15.2. The Hall–Kier alpha value is -3.42. The third-order valence-corrected chi connectivity index (χ3v) is 5.68. The van der Waals surface area contributed by atoms with Gasteiger partial charge in [0.2, 0.25) is 5.91 Å². The summed E-state index contributed by atoms with van der Waals surface area (Å²) in [7, 11) is 0. The summed E-state index contributed by atoms with van der Waals surface area (Å²) >= 11 is 0. The van der Waals surface area contributed by atoms with Crippen molar-refractivity contribution in [3.63, 3.8) is 0 Å². The molecule has 3 heterocycles. The molecule has 0 radical (unpaired) electrons. The fourth-order valence-electron chi connectivity index (χ4n) is 3.88. The van der Waals surface area contributed by atoms with Crippen molar-refractivity contribution in [2.75, 3.05) is 18.4 Å². The molecule has 0 spiro atoms. The summed E-state index contributed by atoms with van der Waals surface area (Å²) in [5, 5.41) is 3.01. The Morgan fingerprint density at radius 1 is 1.28 bits per heavy atom. The molecule has 8 heteroatoms. The molecule has 0 bridgehead atoms. The zero-order valence-corrected chi connectivity index (χ0v) is 18.9. The first kappa shape index (κ1) is 21.8. The molecule has 2 atom stereocenters. The van der Waals surface area contributed by atoms with Crippen molar-refractivity contribution in [2.45, 2.75) is 39.7 Å². The van der Waals surface area contributed by atoms with E-state index in [4.69, 9.17) is 4.74 Å². The van der Waals surface area contributed by atoms with Crippen molar-refractivity contribution < 1.29 is 14.3 Å². The van der Waals surface area contributed by atoms with E-state index in [1.807, 2.05) is 58.0 Å². The second kappa shape index (κ2) is 8.61. The lowest BCUT2D eigenvalue weighted by molar-refractivity contribution is -0.120. The van der Waals surface area contributed by atoms with Crippen molar-refractivity contribution in [2.24, 2.45) is 11.8 Å². The molecule has 2 unspecified atom stereocenters. The lowest BCUT2D eigenvalue weighted by Crippen LogP contribution is -2.36. The van der Waals surface area contributed by atoms with Crippen LogP contribution < -0.4 is 5.32 Å². The summed E-state index contributed by atoms with van der Waals surface area (Å²) in [4.78, 5) is 38.9. The summed E-state index contributed by atoms with van der Waals surface area (Å²) < 4.78 is 5.45. The van der Waals surface area contributed by atoms with E-state index in [0.29, 0.717) is 18.8 Å². The number of amides is 2. The smallest absolute Gasteiger partial charge is 0.410 e. The number of rotatable bonds is 4. The van der Waals surface area contributed by atoms with Crippen molar-refractivity contribution in [1.82, 2.24) is 19.9 Å². The van der Waals surface area contributed by atoms with Crippen molar-refractivity contribution in [3.8, 4) is 11.4 Å². The highest BCUT2D eigenvalue weighted by Gasteiger charge is 2.35. The van der Waals surface area contributed by atoms with Crippen molar-refractivity contribution in [3.05, 3.63) is 42.7 Å². The Balaban J connectivity index is 1.39. The van der Waals surface area contributed by atoms with Gasteiger partial charge in [-0.05, 0) is 63.4 Å². The molecule has 1 saturated heterocycles. The number of hydrogen-bond donors (Lipinski definition) is 2. The van der Waals surface area contributed by atoms with Gasteiger partial charge in [-0.2, -0.15) is 0 Å². The number of fused-ring (bicyclic) bond motifs is 1. The summed E-state index contributed by atoms with van der Waals surface area (Å²) in [6, 6.07) is 9.42. The third kappa shape index (κ3) is 4.90. The molecule has 2 N–H and O–H groups in total. The van der Waals surface area contributed by atoms with Crippen LogP contribution in [-0.4, -0.2) is 50.5 Å². The standard InChI is InChI=1S/C24H29N5O3/c1-15(17-9-11-29(14-17)23(31)32-24(2,3)4)22(30)26-18-7-8-19-20(12-18)28-21(27-19)16-6-5-10-25-13-16/h5-8,10,12-13,15,17H,9,11,14H2,1-4H3,(H,26,30)(H,27,28). The second-order valence-corrected chi connectivity index (χ2v) is 9.31. The number of nitrogens with zero attached hydrogens (tertiary/aromatic N) is 3. The molecular weight excluding hydrogens is 406 g/mol. The minimum Gasteiger partial charge on any atom is -0.444 e. The van der Waals surface area contributed by atoms with Gasteiger partial charge in [0.05, 0.1) is 11.0 Å². The number of aromatic nitrogens is 3. The monoisotopic (exact) mass is 435 g/mol. The predicted molar refractivity (Wildman–Crippen MR) is 123 cm³/mol. The maximum absolute atomic E-state index is 12.9. The van der Waals surface area contributed by atoms with Crippen LogP contribution in [0, 0.1) is 11.8 Å². The number of nitrogens with one attached hydrogen (secondary N) is 2. The minimum atomic E-state index is -0.527. The Kier molecular flexibility index (Phi) is 5.86. The molecule has 3 aromatic rings. The first-order valence-corrected chi connectivity index (χ1v) is 10.9. The summed E-state index contributed by atoms with van der Waals surface area (Å²) in [5.41, 5.74) is 2.74. The van der Waals surface area contributed by atoms with Crippen LogP contribution in [0.5, 0.6) is 0 Å². The van der Waals surface area contributed by atoms with Crippen LogP contribution in [0.1, 0.15) is 34.1 Å². The van der Waals surface area contributed by atoms with Crippen molar-refractivity contribution in [1.29, 1.82) is 0 Å². The zero-order chi connectivity index (χ0) is 22.9. The van der Waals surface area contributed by atoms with Gasteiger partial charge in [-0.25, -0.2) is 9.78 Å². The zero-order valence-electron chi connectivity index (χ0n) is 18.9. The van der Waals surface area contributed by atoms with E-state index in [1.165, 1.54) is 0 Å². The van der Waals surface area contributed by atoms with Crippen LogP contribution in [-0.2, 0) is 9.53 Å². The number of carbonyl (C=O) groups excluding carboxylic acids is 2. The average Bonchev–Trinajstić information content (AvgIpc) is 3.40. The number of hydrogen-bond acceptors (Lipinski definition) is 5. The normalized spacial score (nSPS) is 17.4. The number of H-pyrrole nitrogens is 1. The maximum Gasteiger partial charge on any atom is 0.410 e. The van der Waals surface area contributed by atoms with E-state index >= 15 is 0 Å². The average molecular weight is 436 g/mol. The number of ether oxygens (including phenoxy) is 1. The van der Waals surface area contributed by atoms with Gasteiger partial charge in [-0.15, -0.1) is 0 Å². The lowest BCUT2D eigenvalue weighted by atomic mass is 9.92. The minimum absolute atomic E-state index is 0.0626. The van der Waals surface area contributed by atoms with Gasteiger partial charge in [-0.1, -0.05) is 6.92 Å². The van der Waals surface area contributed by atoms with Gasteiger partial charge < -0.3 is 19.9 Å². The second-order valence-electron chi connectivity index (χ2n) is 9.31. The molecule has 0 aliphatic carbocycles. The fourth-order valence-corrected chi connectivity index (χ4v) is 3.88. The van der Waals surface area contributed by atoms with E-state index in [9.17, 15) is 9.59 Å². The highest BCUT2D eigenvalue weighted by molar-refractivity contribution is 5.95. The van der Waals surface area contributed by atoms with E-state index in [1.54, 1.807) is 17.3 Å². The van der Waals surface area contributed by atoms with Crippen LogP contribution in [0.3, 0.4) is 0 Å². The number of imidazole rings is 1. The molecule has 32 heavy (non-hydrogen) atoms. The number of anilines is 1. The molecular formula is C24H29N5O3. The predicted octanol–water partition coefficient (Wildman–Crippen LogP) is 4.46. The Labute approximate surface area is 187 Å². The molecule has 168 valence electrons. The topological polar surface area (TPSA) is 100 Å². The quantitative estimate of drug-likeness (QED) is 0.630. The van der Waals surface area contributed by atoms with E-state index in [-0.39, 0.29) is 23.8 Å². The van der Waals surface area contributed by atoms with Gasteiger partial charge in [0.15, 0.2) is 0 Å². The van der Waals surface area contributed by atoms with Gasteiger partial charge in [0.25, 0.3) is 0 Å². The van der Waals surface area contributed by atoms with Crippen LogP contribution in [0.25, 0.3) is 22.4 Å². The van der Waals surface area contributed by atoms with Crippen LogP contribution in [0.4, 0.5) is 10.5 Å². The molecule has 1 aromatic carbocycles. The van der Waals surface area contributed by atoms with Gasteiger partial charge >= 0.3 is 6.09 Å². The van der Waals surface area contributed by atoms with Gasteiger partial charge in [0.1, 0.15) is 11.4 Å². The first-order valence-electron chi connectivity index (χ1n) is 10.9. The maximum atomic E-state index is 12.9. The van der Waals surface area contributed by atoms with Crippen LogP contribution in [0.15, 0.2) is 42.7 Å². The highest BCUT2D eigenvalue weighted by atomic mass is 16.6. The fraction of sp³-hybridized carbons (Fsp3) is 0.417. The van der Waals surface area contributed by atoms with Crippen molar-refractivity contribution >= 4 is 28.7 Å². The molecule has 4 rings (SSSR count). The van der Waals surface area contributed by atoms with Gasteiger partial charge in [-0.3, -0.25) is 9.78 Å². The summed E-state index contributed by atoms with van der Waals surface area (Å²) in [6.07, 6.45) is 3.94. The number of carbonyl (C=O) groups is 2.